The fourth-order valence-electron chi connectivity index (χ4n) is 0.964. The van der Waals surface area contributed by atoms with Gasteiger partial charge in [-0.1, -0.05) is 18.2 Å². The predicted molar refractivity (Wildman–Crippen MR) is 48.2 cm³/mol. The maximum Gasteiger partial charge on any atom is 0.240 e. The molecular weight excluding hydrogens is 170 g/mol. The summed E-state index contributed by atoms with van der Waals surface area (Å²) in [4.78, 5) is 4.08. The molecule has 0 radical (unpaired) electrons. The Kier molecular flexibility index (Phi) is 1.75. The number of hydrogen-bond acceptors (Lipinski definition) is 4. The van der Waals surface area contributed by atoms with Crippen LogP contribution in [0.25, 0.3) is 10.9 Å². The number of benzene rings is 1. The first kappa shape index (κ1) is 7.24. The van der Waals surface area contributed by atoms with Crippen molar-refractivity contribution in [3.8, 4) is 0 Å². The van der Waals surface area contributed by atoms with Crippen molar-refractivity contribution in [1.82, 2.24) is 15.2 Å². The lowest BCUT2D eigenvalue weighted by Gasteiger charge is -1.85. The Morgan fingerprint density at radius 1 is 1.17 bits per heavy atom. The zero-order chi connectivity index (χ0) is 8.39. The van der Waals surface area contributed by atoms with E-state index in [1.54, 1.807) is 6.20 Å². The topological polar surface area (TPSA) is 38.7 Å². The minimum atomic E-state index is 0.274. The van der Waals surface area contributed by atoms with E-state index < -0.39 is 0 Å². The van der Waals surface area contributed by atoms with Crippen molar-refractivity contribution in [3.05, 3.63) is 35.2 Å². The highest BCUT2D eigenvalue weighted by Gasteiger charge is 1.89. The Balaban J connectivity index is 2.98. The summed E-state index contributed by atoms with van der Waals surface area (Å²) < 4.78 is 0.274. The van der Waals surface area contributed by atoms with Crippen molar-refractivity contribution in [1.29, 1.82) is 0 Å². The summed E-state index contributed by atoms with van der Waals surface area (Å²) in [5, 5.41) is 8.38. The first-order valence-corrected chi connectivity index (χ1v) is 3.86. The second kappa shape index (κ2) is 2.91. The maximum atomic E-state index is 4.82. The molecule has 1 aromatic heterocycles. The van der Waals surface area contributed by atoms with E-state index in [0.29, 0.717) is 0 Å². The monoisotopic (exact) mass is 175 g/mol. The summed E-state index contributed by atoms with van der Waals surface area (Å²) >= 11 is 4.82. The van der Waals surface area contributed by atoms with E-state index >= 15 is 0 Å². The van der Waals surface area contributed by atoms with Crippen molar-refractivity contribution >= 4 is 23.1 Å². The van der Waals surface area contributed by atoms with Crippen LogP contribution in [0.5, 0.6) is 0 Å². The van der Waals surface area contributed by atoms with Gasteiger partial charge in [0.1, 0.15) is 0 Å². The summed E-state index contributed by atoms with van der Waals surface area (Å²) in [7, 11) is 0. The summed E-state index contributed by atoms with van der Waals surface area (Å²) in [6, 6.07) is 7.64. The van der Waals surface area contributed by atoms with Crippen LogP contribution < -0.4 is 0 Å². The zero-order valence-corrected chi connectivity index (χ0v) is 6.95. The maximum absolute atomic E-state index is 4.82. The normalized spacial score (nSPS) is 10.0. The lowest BCUT2D eigenvalue weighted by molar-refractivity contribution is 1.01. The lowest BCUT2D eigenvalue weighted by atomic mass is 10.2. The molecule has 0 N–H and O–H groups in total. The number of aromatic nitrogens is 3. The van der Waals surface area contributed by atoms with Crippen molar-refractivity contribution < 1.29 is 0 Å². The fraction of sp³-hybridized carbons (Fsp3) is 0. The van der Waals surface area contributed by atoms with Crippen LogP contribution in [0.4, 0.5) is 0 Å². The first-order valence-electron chi connectivity index (χ1n) is 3.45. The number of fused-ring (bicyclic) bond motifs is 1. The minimum absolute atomic E-state index is 0.274. The molecular formula is C8H5N3S. The van der Waals surface area contributed by atoms with E-state index in [1.165, 1.54) is 0 Å². The average molecular weight is 175 g/mol. The molecule has 12 heavy (non-hydrogen) atoms. The average Bonchev–Trinajstić information content (AvgIpc) is 2.25. The first-order chi connectivity index (χ1) is 5.86. The van der Waals surface area contributed by atoms with Crippen LogP contribution in [-0.4, -0.2) is 15.2 Å². The Labute approximate surface area is 74.1 Å². The lowest BCUT2D eigenvalue weighted by Crippen LogP contribution is -1.72. The molecule has 0 unspecified atom stereocenters. The van der Waals surface area contributed by atoms with E-state index in [4.69, 9.17) is 12.2 Å². The van der Waals surface area contributed by atoms with Gasteiger partial charge in [0.15, 0.2) is 0 Å². The third kappa shape index (κ3) is 1.29. The third-order valence-corrected chi connectivity index (χ3v) is 1.67. The van der Waals surface area contributed by atoms with Crippen molar-refractivity contribution in [2.45, 2.75) is 0 Å². The van der Waals surface area contributed by atoms with Gasteiger partial charge < -0.3 is 0 Å². The number of para-hydroxylation sites is 1. The molecule has 0 amide bonds. The molecule has 0 aliphatic heterocycles. The van der Waals surface area contributed by atoms with Crippen LogP contribution in [0.2, 0.25) is 0 Å². The van der Waals surface area contributed by atoms with Crippen LogP contribution in [0, 0.1) is 4.77 Å². The minimum Gasteiger partial charge on any atom is -0.217 e. The molecule has 2 rings (SSSR count). The second-order valence-corrected chi connectivity index (χ2v) is 2.66. The van der Waals surface area contributed by atoms with Crippen LogP contribution >= 0.6 is 12.2 Å². The van der Waals surface area contributed by atoms with Crippen molar-refractivity contribution in [2.75, 3.05) is 0 Å². The fourth-order valence-corrected chi connectivity index (χ4v) is 1.11. The Bertz CT molecular complexity index is 469. The van der Waals surface area contributed by atoms with E-state index in [0.717, 1.165) is 10.9 Å². The molecule has 1 aromatic carbocycles. The van der Waals surface area contributed by atoms with E-state index in [9.17, 15) is 0 Å². The molecule has 4 heteroatoms. The third-order valence-electron chi connectivity index (χ3n) is 1.49. The highest BCUT2D eigenvalue weighted by Crippen LogP contribution is 2.05. The van der Waals surface area contributed by atoms with Gasteiger partial charge in [-0.3, -0.25) is 0 Å². The van der Waals surface area contributed by atoms with Crippen LogP contribution in [-0.2, 0) is 0 Å². The molecule has 0 bridgehead atoms. The molecule has 0 spiro atoms. The largest absolute Gasteiger partial charge is 0.240 e. The SMILES string of the molecule is S=c1nncc2ccccc2n1. The van der Waals surface area contributed by atoms with Crippen LogP contribution in [0.3, 0.4) is 0 Å². The molecule has 0 fully saturated rings. The Morgan fingerprint density at radius 2 is 2.00 bits per heavy atom. The van der Waals surface area contributed by atoms with Gasteiger partial charge in [0.05, 0.1) is 11.7 Å². The Morgan fingerprint density at radius 3 is 2.92 bits per heavy atom. The van der Waals surface area contributed by atoms with Gasteiger partial charge in [0.2, 0.25) is 4.77 Å². The van der Waals surface area contributed by atoms with Gasteiger partial charge >= 0.3 is 0 Å². The van der Waals surface area contributed by atoms with Crippen LogP contribution in [0.15, 0.2) is 30.5 Å². The number of hydrogen-bond donors (Lipinski definition) is 0. The van der Waals surface area contributed by atoms with Crippen LogP contribution in [0.1, 0.15) is 0 Å². The van der Waals surface area contributed by atoms with E-state index in [2.05, 4.69) is 15.2 Å². The molecule has 0 saturated heterocycles. The van der Waals surface area contributed by atoms with Crippen molar-refractivity contribution in [3.63, 3.8) is 0 Å². The summed E-state index contributed by atoms with van der Waals surface area (Å²) in [5.74, 6) is 0. The molecule has 0 aliphatic carbocycles. The summed E-state index contributed by atoms with van der Waals surface area (Å²) in [6.07, 6.45) is 1.65. The van der Waals surface area contributed by atoms with Gasteiger partial charge in [-0.25, -0.2) is 4.98 Å². The highest BCUT2D eigenvalue weighted by atomic mass is 32.1. The van der Waals surface area contributed by atoms with E-state index in [1.807, 2.05) is 24.3 Å². The highest BCUT2D eigenvalue weighted by molar-refractivity contribution is 7.71. The van der Waals surface area contributed by atoms with Gasteiger partial charge in [-0.05, 0) is 18.3 Å². The molecule has 3 nitrogen and oxygen atoms in total. The smallest absolute Gasteiger partial charge is 0.217 e. The Hall–Kier alpha value is -1.42. The predicted octanol–water partition coefficient (Wildman–Crippen LogP) is 1.75. The second-order valence-electron chi connectivity index (χ2n) is 2.30. The molecule has 0 saturated carbocycles. The molecule has 0 aliphatic rings. The number of rotatable bonds is 0. The van der Waals surface area contributed by atoms with Crippen molar-refractivity contribution in [2.24, 2.45) is 0 Å². The van der Waals surface area contributed by atoms with Gasteiger partial charge in [-0.15, -0.1) is 5.10 Å². The standard InChI is InChI=1S/C8H5N3S/c12-8-10-7-4-2-1-3-6(7)5-9-11-8/h1-5H. The van der Waals surface area contributed by atoms with Gasteiger partial charge in [-0.2, -0.15) is 5.10 Å². The number of nitrogens with zero attached hydrogens (tertiary/aromatic N) is 3. The summed E-state index contributed by atoms with van der Waals surface area (Å²) in [6.45, 7) is 0. The van der Waals surface area contributed by atoms with E-state index in [-0.39, 0.29) is 4.77 Å². The molecule has 0 atom stereocenters. The quantitative estimate of drug-likeness (QED) is 0.572. The van der Waals surface area contributed by atoms with Gasteiger partial charge in [0, 0.05) is 5.39 Å². The zero-order valence-electron chi connectivity index (χ0n) is 6.14. The molecule has 58 valence electrons. The molecule has 2 aromatic rings. The van der Waals surface area contributed by atoms with Gasteiger partial charge in [0.25, 0.3) is 0 Å². The summed E-state index contributed by atoms with van der Waals surface area (Å²) in [5.41, 5.74) is 0.826. The molecule has 1 heterocycles.